The van der Waals surface area contributed by atoms with Crippen LogP contribution >= 0.6 is 27.5 Å². The molecule has 0 atom stereocenters. The maximum Gasteiger partial charge on any atom is 0.323 e. The van der Waals surface area contributed by atoms with Crippen LogP contribution in [0.5, 0.6) is 0 Å². The fraction of sp³-hybridized carbons (Fsp3) is 0.0588. The molecule has 1 heterocycles. The van der Waals surface area contributed by atoms with Crippen molar-refractivity contribution in [3.8, 4) is 11.3 Å². The Balaban J connectivity index is 1.66. The number of aromatic nitrogens is 2. The summed E-state index contributed by atoms with van der Waals surface area (Å²) in [5.41, 5.74) is 3.18. The molecule has 2 amide bonds. The van der Waals surface area contributed by atoms with E-state index in [1.54, 1.807) is 28.9 Å². The number of aryl methyl sites for hydroxylation is 1. The molecular formula is C17H14BrClN4O. The first-order valence-electron chi connectivity index (χ1n) is 7.14. The lowest BCUT2D eigenvalue weighted by Crippen LogP contribution is -2.19. The second kappa shape index (κ2) is 7.07. The van der Waals surface area contributed by atoms with Gasteiger partial charge in [0.2, 0.25) is 0 Å². The summed E-state index contributed by atoms with van der Waals surface area (Å²) in [4.78, 5) is 12.0. The van der Waals surface area contributed by atoms with Gasteiger partial charge in [0.15, 0.2) is 0 Å². The van der Waals surface area contributed by atoms with Crippen molar-refractivity contribution in [3.63, 3.8) is 0 Å². The summed E-state index contributed by atoms with van der Waals surface area (Å²) >= 11 is 9.30. The van der Waals surface area contributed by atoms with Crippen LogP contribution in [0, 0.1) is 0 Å². The molecule has 0 bridgehead atoms. The largest absolute Gasteiger partial charge is 0.323 e. The van der Waals surface area contributed by atoms with Gasteiger partial charge in [-0.15, -0.1) is 0 Å². The number of anilines is 2. The number of benzene rings is 2. The Bertz CT molecular complexity index is 859. The minimum atomic E-state index is -0.316. The second-order valence-electron chi connectivity index (χ2n) is 5.16. The molecule has 0 saturated carbocycles. The van der Waals surface area contributed by atoms with Gasteiger partial charge in [0.25, 0.3) is 0 Å². The van der Waals surface area contributed by atoms with Crippen LogP contribution in [0.3, 0.4) is 0 Å². The zero-order valence-corrected chi connectivity index (χ0v) is 15.1. The molecule has 0 saturated heterocycles. The maximum atomic E-state index is 12.0. The van der Waals surface area contributed by atoms with Gasteiger partial charge in [0.05, 0.1) is 4.47 Å². The van der Waals surface area contributed by atoms with Crippen molar-refractivity contribution >= 4 is 44.9 Å². The number of rotatable bonds is 3. The van der Waals surface area contributed by atoms with Gasteiger partial charge < -0.3 is 10.6 Å². The quantitative estimate of drug-likeness (QED) is 0.633. The Morgan fingerprint density at radius 3 is 2.08 bits per heavy atom. The average Bonchev–Trinajstić information content (AvgIpc) is 2.89. The number of hydrogen-bond acceptors (Lipinski definition) is 2. The smallest absolute Gasteiger partial charge is 0.308 e. The Labute approximate surface area is 152 Å². The van der Waals surface area contributed by atoms with Crippen LogP contribution < -0.4 is 10.6 Å². The normalized spacial score (nSPS) is 10.5. The molecule has 3 rings (SSSR count). The summed E-state index contributed by atoms with van der Waals surface area (Å²) in [6.45, 7) is 0. The number of halogens is 2. The Morgan fingerprint density at radius 2 is 1.58 bits per heavy atom. The van der Waals surface area contributed by atoms with Gasteiger partial charge in [-0.1, -0.05) is 23.7 Å². The molecule has 3 aromatic rings. The molecule has 0 spiro atoms. The number of urea groups is 1. The van der Waals surface area contributed by atoms with Crippen LogP contribution in [0.25, 0.3) is 11.3 Å². The Kier molecular flexibility index (Phi) is 4.87. The molecular weight excluding hydrogens is 392 g/mol. The molecule has 7 heteroatoms. The van der Waals surface area contributed by atoms with Crippen molar-refractivity contribution < 1.29 is 4.79 Å². The summed E-state index contributed by atoms with van der Waals surface area (Å²) in [6.07, 6.45) is 1.89. The summed E-state index contributed by atoms with van der Waals surface area (Å²) in [7, 11) is 1.87. The van der Waals surface area contributed by atoms with Crippen LogP contribution in [0.1, 0.15) is 0 Å². The van der Waals surface area contributed by atoms with Gasteiger partial charge in [-0.2, -0.15) is 5.10 Å². The SMILES string of the molecule is Cn1cc(Br)c(-c2ccc(NC(=O)Nc3ccc(Cl)cc3)cc2)n1. The molecule has 0 radical (unpaired) electrons. The van der Waals surface area contributed by atoms with E-state index in [2.05, 4.69) is 31.7 Å². The molecule has 0 aliphatic heterocycles. The van der Waals surface area contributed by atoms with Crippen molar-refractivity contribution in [2.75, 3.05) is 10.6 Å². The molecule has 0 fully saturated rings. The van der Waals surface area contributed by atoms with Gasteiger partial charge in [-0.25, -0.2) is 4.79 Å². The first-order chi connectivity index (χ1) is 11.5. The summed E-state index contributed by atoms with van der Waals surface area (Å²) in [5.74, 6) is 0. The molecule has 24 heavy (non-hydrogen) atoms. The van der Waals surface area contributed by atoms with Crippen molar-refractivity contribution in [3.05, 3.63) is 64.2 Å². The predicted molar refractivity (Wildman–Crippen MR) is 100 cm³/mol. The molecule has 0 aliphatic rings. The van der Waals surface area contributed by atoms with E-state index in [0.29, 0.717) is 16.4 Å². The van der Waals surface area contributed by atoms with Crippen molar-refractivity contribution in [1.82, 2.24) is 9.78 Å². The summed E-state index contributed by atoms with van der Waals surface area (Å²) in [6, 6.07) is 14.1. The zero-order chi connectivity index (χ0) is 17.1. The minimum Gasteiger partial charge on any atom is -0.308 e. The molecule has 2 N–H and O–H groups in total. The number of nitrogens with one attached hydrogen (secondary N) is 2. The zero-order valence-electron chi connectivity index (χ0n) is 12.8. The third kappa shape index (κ3) is 3.96. The van der Waals surface area contributed by atoms with Crippen molar-refractivity contribution in [2.45, 2.75) is 0 Å². The van der Waals surface area contributed by atoms with Crippen LogP contribution in [0.15, 0.2) is 59.2 Å². The monoisotopic (exact) mass is 404 g/mol. The Morgan fingerprint density at radius 1 is 1.04 bits per heavy atom. The number of amides is 2. The Hall–Kier alpha value is -2.31. The number of carbonyl (C=O) groups is 1. The third-order valence-electron chi connectivity index (χ3n) is 3.30. The lowest BCUT2D eigenvalue weighted by atomic mass is 10.1. The molecule has 1 aromatic heterocycles. The van der Waals surface area contributed by atoms with E-state index in [-0.39, 0.29) is 6.03 Å². The van der Waals surface area contributed by atoms with Gasteiger partial charge in [0, 0.05) is 35.2 Å². The van der Waals surface area contributed by atoms with Gasteiger partial charge >= 0.3 is 6.03 Å². The van der Waals surface area contributed by atoms with Crippen LogP contribution in [-0.4, -0.2) is 15.8 Å². The maximum absolute atomic E-state index is 12.0. The van der Waals surface area contributed by atoms with Gasteiger partial charge in [-0.05, 0) is 52.3 Å². The summed E-state index contributed by atoms with van der Waals surface area (Å²) < 4.78 is 2.66. The van der Waals surface area contributed by atoms with E-state index in [0.717, 1.165) is 15.7 Å². The van der Waals surface area contributed by atoms with E-state index < -0.39 is 0 Å². The summed E-state index contributed by atoms with van der Waals surface area (Å²) in [5, 5.41) is 10.5. The van der Waals surface area contributed by atoms with E-state index >= 15 is 0 Å². The van der Waals surface area contributed by atoms with Crippen LogP contribution in [0.2, 0.25) is 5.02 Å². The highest BCUT2D eigenvalue weighted by Crippen LogP contribution is 2.27. The number of hydrogen-bond donors (Lipinski definition) is 2. The molecule has 0 unspecified atom stereocenters. The van der Waals surface area contributed by atoms with Crippen molar-refractivity contribution in [2.24, 2.45) is 7.05 Å². The highest BCUT2D eigenvalue weighted by Gasteiger charge is 2.08. The highest BCUT2D eigenvalue weighted by atomic mass is 79.9. The number of carbonyl (C=O) groups excluding carboxylic acids is 1. The topological polar surface area (TPSA) is 59.0 Å². The molecule has 0 aliphatic carbocycles. The first kappa shape index (κ1) is 16.5. The van der Waals surface area contributed by atoms with Crippen LogP contribution in [-0.2, 0) is 7.05 Å². The van der Waals surface area contributed by atoms with Crippen LogP contribution in [0.4, 0.5) is 16.2 Å². The third-order valence-corrected chi connectivity index (χ3v) is 4.13. The minimum absolute atomic E-state index is 0.316. The average molecular weight is 406 g/mol. The van der Waals surface area contributed by atoms with E-state index in [4.69, 9.17) is 11.6 Å². The van der Waals surface area contributed by atoms with E-state index in [1.807, 2.05) is 37.5 Å². The first-order valence-corrected chi connectivity index (χ1v) is 8.31. The molecule has 5 nitrogen and oxygen atoms in total. The highest BCUT2D eigenvalue weighted by molar-refractivity contribution is 9.10. The van der Waals surface area contributed by atoms with Gasteiger partial charge in [0.1, 0.15) is 5.69 Å². The van der Waals surface area contributed by atoms with E-state index in [9.17, 15) is 4.79 Å². The second-order valence-corrected chi connectivity index (χ2v) is 6.45. The fourth-order valence-corrected chi connectivity index (χ4v) is 2.92. The lowest BCUT2D eigenvalue weighted by Gasteiger charge is -2.08. The molecule has 122 valence electrons. The molecule has 2 aromatic carbocycles. The van der Waals surface area contributed by atoms with Gasteiger partial charge in [-0.3, -0.25) is 4.68 Å². The number of nitrogens with zero attached hydrogens (tertiary/aromatic N) is 2. The van der Waals surface area contributed by atoms with E-state index in [1.165, 1.54) is 0 Å². The predicted octanol–water partition coefficient (Wildman–Crippen LogP) is 5.15. The lowest BCUT2D eigenvalue weighted by molar-refractivity contribution is 0.262. The van der Waals surface area contributed by atoms with Crippen molar-refractivity contribution in [1.29, 1.82) is 0 Å². The standard InChI is InChI=1S/C17H14BrClN4O/c1-23-10-15(18)16(22-23)11-2-6-13(7-3-11)20-17(24)21-14-8-4-12(19)5-9-14/h2-10H,1H3,(H2,20,21,24). The fourth-order valence-electron chi connectivity index (χ4n) is 2.19.